The Morgan fingerprint density at radius 2 is 1.41 bits per heavy atom. The SMILES string of the molecule is O=c1c2c(Cl)cc(Cl)cc2n(Cc2ccccc2)c(=O)n1Cc1ccccc1Cl. The number of benzene rings is 3. The lowest BCUT2D eigenvalue weighted by Crippen LogP contribution is -2.40. The second kappa shape index (κ2) is 8.07. The van der Waals surface area contributed by atoms with Gasteiger partial charge in [-0.2, -0.15) is 0 Å². The van der Waals surface area contributed by atoms with Crippen LogP contribution in [0.25, 0.3) is 10.9 Å². The summed E-state index contributed by atoms with van der Waals surface area (Å²) in [6.45, 7) is 0.316. The van der Waals surface area contributed by atoms with E-state index in [2.05, 4.69) is 0 Å². The van der Waals surface area contributed by atoms with E-state index in [0.29, 0.717) is 21.1 Å². The molecule has 0 unspecified atom stereocenters. The highest BCUT2D eigenvalue weighted by Gasteiger charge is 2.17. The van der Waals surface area contributed by atoms with E-state index in [9.17, 15) is 9.59 Å². The van der Waals surface area contributed by atoms with Crippen molar-refractivity contribution in [3.63, 3.8) is 0 Å². The van der Waals surface area contributed by atoms with Crippen LogP contribution < -0.4 is 11.2 Å². The maximum absolute atomic E-state index is 13.3. The Labute approximate surface area is 181 Å². The van der Waals surface area contributed by atoms with Crippen LogP contribution in [-0.2, 0) is 13.1 Å². The van der Waals surface area contributed by atoms with E-state index in [4.69, 9.17) is 34.8 Å². The first kappa shape index (κ1) is 19.8. The smallest absolute Gasteiger partial charge is 0.289 e. The summed E-state index contributed by atoms with van der Waals surface area (Å²) in [5, 5.41) is 1.29. The van der Waals surface area contributed by atoms with Crippen molar-refractivity contribution in [2.24, 2.45) is 0 Å². The molecule has 0 atom stereocenters. The quantitative estimate of drug-likeness (QED) is 0.432. The summed E-state index contributed by atoms with van der Waals surface area (Å²) < 4.78 is 2.67. The average Bonchev–Trinajstić information content (AvgIpc) is 2.70. The molecule has 4 rings (SSSR count). The summed E-state index contributed by atoms with van der Waals surface area (Å²) in [6, 6.07) is 19.7. The molecule has 0 aliphatic rings. The first-order chi connectivity index (χ1) is 14.0. The molecule has 0 saturated heterocycles. The minimum absolute atomic E-state index is 0.0427. The highest BCUT2D eigenvalue weighted by molar-refractivity contribution is 6.38. The molecule has 7 heteroatoms. The summed E-state index contributed by atoms with van der Waals surface area (Å²) in [5.41, 5.74) is 1.05. The van der Waals surface area contributed by atoms with E-state index >= 15 is 0 Å². The molecule has 0 aliphatic heterocycles. The Bertz CT molecular complexity index is 1330. The largest absolute Gasteiger partial charge is 0.332 e. The molecule has 0 spiro atoms. The molecule has 0 radical (unpaired) electrons. The fourth-order valence-electron chi connectivity index (χ4n) is 3.31. The minimum Gasteiger partial charge on any atom is -0.289 e. The van der Waals surface area contributed by atoms with E-state index in [-0.39, 0.29) is 23.5 Å². The first-order valence-corrected chi connectivity index (χ1v) is 9.99. The van der Waals surface area contributed by atoms with Crippen molar-refractivity contribution in [3.8, 4) is 0 Å². The normalized spacial score (nSPS) is 11.1. The molecule has 1 heterocycles. The van der Waals surface area contributed by atoms with Gasteiger partial charge in [0.15, 0.2) is 0 Å². The van der Waals surface area contributed by atoms with Gasteiger partial charge >= 0.3 is 5.69 Å². The number of nitrogens with zero attached hydrogens (tertiary/aromatic N) is 2. The molecular formula is C22H15Cl3N2O2. The fourth-order valence-corrected chi connectivity index (χ4v) is 4.07. The van der Waals surface area contributed by atoms with Crippen LogP contribution in [0, 0.1) is 0 Å². The van der Waals surface area contributed by atoms with Gasteiger partial charge in [0.2, 0.25) is 0 Å². The van der Waals surface area contributed by atoms with E-state index < -0.39 is 11.2 Å². The monoisotopic (exact) mass is 444 g/mol. The summed E-state index contributed by atoms with van der Waals surface area (Å²) >= 11 is 18.8. The molecule has 0 saturated carbocycles. The number of hydrogen-bond donors (Lipinski definition) is 0. The van der Waals surface area contributed by atoms with E-state index in [0.717, 1.165) is 10.1 Å². The lowest BCUT2D eigenvalue weighted by Gasteiger charge is -2.16. The zero-order chi connectivity index (χ0) is 20.5. The number of aromatic nitrogens is 2. The summed E-state index contributed by atoms with van der Waals surface area (Å²) in [5.74, 6) is 0. The number of rotatable bonds is 4. The summed E-state index contributed by atoms with van der Waals surface area (Å²) in [7, 11) is 0. The zero-order valence-corrected chi connectivity index (χ0v) is 17.4. The van der Waals surface area contributed by atoms with E-state index in [1.165, 1.54) is 10.6 Å². The van der Waals surface area contributed by atoms with Crippen molar-refractivity contribution in [1.82, 2.24) is 9.13 Å². The topological polar surface area (TPSA) is 44.0 Å². The van der Waals surface area contributed by atoms with Gasteiger partial charge in [-0.3, -0.25) is 13.9 Å². The van der Waals surface area contributed by atoms with Gasteiger partial charge in [0.05, 0.1) is 29.0 Å². The number of fused-ring (bicyclic) bond motifs is 1. The number of hydrogen-bond acceptors (Lipinski definition) is 2. The molecule has 1 aromatic heterocycles. The second-order valence-corrected chi connectivity index (χ2v) is 7.87. The zero-order valence-electron chi connectivity index (χ0n) is 15.1. The van der Waals surface area contributed by atoms with Crippen molar-refractivity contribution in [1.29, 1.82) is 0 Å². The Morgan fingerprint density at radius 3 is 2.14 bits per heavy atom. The van der Waals surface area contributed by atoms with Crippen LogP contribution in [0.4, 0.5) is 0 Å². The maximum atomic E-state index is 13.3. The molecule has 0 aliphatic carbocycles. The average molecular weight is 446 g/mol. The Hall–Kier alpha value is -2.53. The fraction of sp³-hybridized carbons (Fsp3) is 0.0909. The van der Waals surface area contributed by atoms with Gasteiger partial charge in [-0.05, 0) is 29.3 Å². The highest BCUT2D eigenvalue weighted by Crippen LogP contribution is 2.25. The van der Waals surface area contributed by atoms with E-state index in [1.807, 2.05) is 36.4 Å². The lowest BCUT2D eigenvalue weighted by atomic mass is 10.2. The molecule has 0 fully saturated rings. The molecule has 0 N–H and O–H groups in total. The highest BCUT2D eigenvalue weighted by atomic mass is 35.5. The van der Waals surface area contributed by atoms with Gasteiger partial charge in [0.25, 0.3) is 5.56 Å². The second-order valence-electron chi connectivity index (χ2n) is 6.62. The van der Waals surface area contributed by atoms with Crippen LogP contribution >= 0.6 is 34.8 Å². The lowest BCUT2D eigenvalue weighted by molar-refractivity contribution is 0.635. The predicted molar refractivity (Wildman–Crippen MR) is 119 cm³/mol. The molecule has 29 heavy (non-hydrogen) atoms. The summed E-state index contributed by atoms with van der Waals surface area (Å²) in [4.78, 5) is 26.5. The molecule has 3 aromatic carbocycles. The predicted octanol–water partition coefficient (Wildman–Crippen LogP) is 5.22. The van der Waals surface area contributed by atoms with Gasteiger partial charge < -0.3 is 0 Å². The Balaban J connectivity index is 2.01. The Morgan fingerprint density at radius 1 is 0.724 bits per heavy atom. The van der Waals surface area contributed by atoms with Crippen molar-refractivity contribution >= 4 is 45.7 Å². The Kier molecular flexibility index (Phi) is 5.50. The van der Waals surface area contributed by atoms with Crippen LogP contribution in [0.3, 0.4) is 0 Å². The molecule has 4 nitrogen and oxygen atoms in total. The van der Waals surface area contributed by atoms with Gasteiger partial charge in [-0.15, -0.1) is 0 Å². The molecule has 146 valence electrons. The maximum Gasteiger partial charge on any atom is 0.332 e. The molecular weight excluding hydrogens is 431 g/mol. The molecule has 0 bridgehead atoms. The van der Waals surface area contributed by atoms with Gasteiger partial charge in [-0.25, -0.2) is 4.79 Å². The van der Waals surface area contributed by atoms with Crippen LogP contribution in [0.2, 0.25) is 15.1 Å². The minimum atomic E-state index is -0.476. The van der Waals surface area contributed by atoms with Crippen molar-refractivity contribution in [3.05, 3.63) is 114 Å². The van der Waals surface area contributed by atoms with Gasteiger partial charge in [0.1, 0.15) is 0 Å². The third-order valence-electron chi connectivity index (χ3n) is 4.72. The number of halogens is 3. The van der Waals surface area contributed by atoms with Gasteiger partial charge in [-0.1, -0.05) is 83.3 Å². The van der Waals surface area contributed by atoms with Crippen LogP contribution in [0.15, 0.2) is 76.3 Å². The first-order valence-electron chi connectivity index (χ1n) is 8.85. The van der Waals surface area contributed by atoms with Crippen molar-refractivity contribution in [2.75, 3.05) is 0 Å². The van der Waals surface area contributed by atoms with Crippen LogP contribution in [-0.4, -0.2) is 9.13 Å². The van der Waals surface area contributed by atoms with Crippen LogP contribution in [0.5, 0.6) is 0 Å². The van der Waals surface area contributed by atoms with Gasteiger partial charge in [0, 0.05) is 10.0 Å². The molecule has 0 amide bonds. The standard InChI is InChI=1S/C22H15Cl3N2O2/c23-16-10-18(25)20-19(11-16)26(12-14-6-2-1-3-7-14)22(29)27(21(20)28)13-15-8-4-5-9-17(15)24/h1-11H,12-13H2. The third-order valence-corrected chi connectivity index (χ3v) is 5.60. The third kappa shape index (κ3) is 3.84. The van der Waals surface area contributed by atoms with E-state index in [1.54, 1.807) is 24.3 Å². The van der Waals surface area contributed by atoms with Crippen molar-refractivity contribution in [2.45, 2.75) is 13.1 Å². The molecule has 4 aromatic rings. The van der Waals surface area contributed by atoms with Crippen LogP contribution in [0.1, 0.15) is 11.1 Å². The van der Waals surface area contributed by atoms with Crippen molar-refractivity contribution < 1.29 is 0 Å². The summed E-state index contributed by atoms with van der Waals surface area (Å²) in [6.07, 6.45) is 0.